The van der Waals surface area contributed by atoms with Gasteiger partial charge in [-0.1, -0.05) is 26.0 Å². The quantitative estimate of drug-likeness (QED) is 0.702. The smallest absolute Gasteiger partial charge is 0.226 e. The highest BCUT2D eigenvalue weighted by Crippen LogP contribution is 2.12. The zero-order valence-electron chi connectivity index (χ0n) is 12.2. The number of nitrogens with zero attached hydrogens (tertiary/aromatic N) is 2. The first kappa shape index (κ1) is 15.4. The lowest BCUT2D eigenvalue weighted by Gasteiger charge is -2.28. The van der Waals surface area contributed by atoms with Gasteiger partial charge in [0.15, 0.2) is 0 Å². The molecule has 3 heteroatoms. The third-order valence-corrected chi connectivity index (χ3v) is 3.24. The third-order valence-electron chi connectivity index (χ3n) is 3.24. The van der Waals surface area contributed by atoms with Crippen molar-refractivity contribution in [1.29, 1.82) is 0 Å². The second-order valence-electron chi connectivity index (χ2n) is 4.72. The Balaban J connectivity index is 2.72. The molecule has 0 aliphatic rings. The molecule has 1 amide bonds. The Kier molecular flexibility index (Phi) is 6.86. The van der Waals surface area contributed by atoms with Crippen molar-refractivity contribution < 1.29 is 4.79 Å². The molecule has 0 aliphatic carbocycles. The first-order chi connectivity index (χ1) is 9.19. The average molecular weight is 260 g/mol. The number of amides is 1. The summed E-state index contributed by atoms with van der Waals surface area (Å²) in [5.41, 5.74) is 1.13. The molecule has 0 bridgehead atoms. The summed E-state index contributed by atoms with van der Waals surface area (Å²) in [5, 5.41) is 0. The first-order valence-corrected chi connectivity index (χ1v) is 7.02. The minimum absolute atomic E-state index is 0.191. The average Bonchev–Trinajstić information content (AvgIpc) is 2.45. The van der Waals surface area contributed by atoms with Crippen molar-refractivity contribution in [3.8, 4) is 0 Å². The second-order valence-corrected chi connectivity index (χ2v) is 4.72. The maximum Gasteiger partial charge on any atom is 0.226 e. The Morgan fingerprint density at radius 1 is 1.32 bits per heavy atom. The van der Waals surface area contributed by atoms with E-state index in [2.05, 4.69) is 25.8 Å². The van der Waals surface area contributed by atoms with Crippen LogP contribution < -0.4 is 0 Å². The molecule has 0 aliphatic heterocycles. The van der Waals surface area contributed by atoms with Crippen molar-refractivity contribution in [3.63, 3.8) is 0 Å². The lowest BCUT2D eigenvalue weighted by Crippen LogP contribution is -2.37. The zero-order valence-corrected chi connectivity index (χ0v) is 12.2. The van der Waals surface area contributed by atoms with Gasteiger partial charge in [0, 0.05) is 31.4 Å². The van der Waals surface area contributed by atoms with E-state index in [1.807, 2.05) is 29.2 Å². The fourth-order valence-electron chi connectivity index (χ4n) is 1.86. The van der Waals surface area contributed by atoms with Crippen LogP contribution in [0.1, 0.15) is 45.6 Å². The predicted octanol–water partition coefficient (Wildman–Crippen LogP) is 3.57. The number of allylic oxidation sites excluding steroid dienone is 1. The van der Waals surface area contributed by atoms with Crippen LogP contribution in [0.2, 0.25) is 0 Å². The SMILES string of the molecule is CCC=CCC(=O)N(Cc1ccncc1)C(C)CC. The molecule has 1 atom stereocenters. The molecule has 19 heavy (non-hydrogen) atoms. The van der Waals surface area contributed by atoms with Crippen molar-refractivity contribution in [2.75, 3.05) is 0 Å². The lowest BCUT2D eigenvalue weighted by molar-refractivity contribution is -0.133. The molecule has 0 saturated carbocycles. The molecular formula is C16H24N2O. The molecule has 0 spiro atoms. The highest BCUT2D eigenvalue weighted by molar-refractivity contribution is 5.78. The van der Waals surface area contributed by atoms with E-state index in [-0.39, 0.29) is 11.9 Å². The molecule has 1 unspecified atom stereocenters. The van der Waals surface area contributed by atoms with Crippen LogP contribution in [0, 0.1) is 0 Å². The number of aromatic nitrogens is 1. The topological polar surface area (TPSA) is 33.2 Å². The Labute approximate surface area is 116 Å². The van der Waals surface area contributed by atoms with Gasteiger partial charge in [0.25, 0.3) is 0 Å². The monoisotopic (exact) mass is 260 g/mol. The normalized spacial score (nSPS) is 12.6. The van der Waals surface area contributed by atoms with Crippen LogP contribution in [0.15, 0.2) is 36.7 Å². The van der Waals surface area contributed by atoms with Crippen LogP contribution in [0.25, 0.3) is 0 Å². The highest BCUT2D eigenvalue weighted by Gasteiger charge is 2.17. The fourth-order valence-corrected chi connectivity index (χ4v) is 1.86. The van der Waals surface area contributed by atoms with Gasteiger partial charge in [0.1, 0.15) is 0 Å². The summed E-state index contributed by atoms with van der Waals surface area (Å²) >= 11 is 0. The van der Waals surface area contributed by atoms with Gasteiger partial charge < -0.3 is 4.90 Å². The van der Waals surface area contributed by atoms with E-state index in [1.54, 1.807) is 12.4 Å². The molecule has 0 N–H and O–H groups in total. The van der Waals surface area contributed by atoms with E-state index in [9.17, 15) is 4.79 Å². The van der Waals surface area contributed by atoms with Crippen molar-refractivity contribution in [1.82, 2.24) is 9.88 Å². The molecule has 0 radical (unpaired) electrons. The number of carbonyl (C=O) groups excluding carboxylic acids is 1. The standard InChI is InChI=1S/C16H24N2O/c1-4-6-7-8-16(19)18(14(3)5-2)13-15-9-11-17-12-10-15/h6-7,9-12,14H,4-5,8,13H2,1-3H3. The van der Waals surface area contributed by atoms with Gasteiger partial charge in [0.2, 0.25) is 5.91 Å². The minimum atomic E-state index is 0.191. The van der Waals surface area contributed by atoms with E-state index in [4.69, 9.17) is 0 Å². The van der Waals surface area contributed by atoms with Gasteiger partial charge in [-0.15, -0.1) is 0 Å². The molecule has 104 valence electrons. The maximum atomic E-state index is 12.3. The van der Waals surface area contributed by atoms with Gasteiger partial charge in [-0.25, -0.2) is 0 Å². The van der Waals surface area contributed by atoms with Crippen LogP contribution in [-0.2, 0) is 11.3 Å². The fraction of sp³-hybridized carbons (Fsp3) is 0.500. The third kappa shape index (κ3) is 5.25. The summed E-state index contributed by atoms with van der Waals surface area (Å²) in [7, 11) is 0. The zero-order chi connectivity index (χ0) is 14.1. The maximum absolute atomic E-state index is 12.3. The summed E-state index contributed by atoms with van der Waals surface area (Å²) in [5.74, 6) is 0.191. The number of hydrogen-bond donors (Lipinski definition) is 0. The van der Waals surface area contributed by atoms with Crippen LogP contribution >= 0.6 is 0 Å². The Morgan fingerprint density at radius 2 is 2.00 bits per heavy atom. The summed E-state index contributed by atoms with van der Waals surface area (Å²) < 4.78 is 0. The summed E-state index contributed by atoms with van der Waals surface area (Å²) in [4.78, 5) is 18.2. The van der Waals surface area contributed by atoms with E-state index >= 15 is 0 Å². The molecule has 1 aromatic rings. The Hall–Kier alpha value is -1.64. The van der Waals surface area contributed by atoms with E-state index < -0.39 is 0 Å². The summed E-state index contributed by atoms with van der Waals surface area (Å²) in [6, 6.07) is 4.19. The number of carbonyl (C=O) groups is 1. The van der Waals surface area contributed by atoms with E-state index in [0.717, 1.165) is 18.4 Å². The molecule has 1 heterocycles. The van der Waals surface area contributed by atoms with Gasteiger partial charge in [-0.05, 0) is 37.5 Å². The van der Waals surface area contributed by atoms with Crippen molar-refractivity contribution in [3.05, 3.63) is 42.2 Å². The number of pyridine rings is 1. The molecule has 3 nitrogen and oxygen atoms in total. The summed E-state index contributed by atoms with van der Waals surface area (Å²) in [6.45, 7) is 6.95. The highest BCUT2D eigenvalue weighted by atomic mass is 16.2. The Morgan fingerprint density at radius 3 is 2.58 bits per heavy atom. The van der Waals surface area contributed by atoms with Gasteiger partial charge in [-0.3, -0.25) is 9.78 Å². The van der Waals surface area contributed by atoms with Gasteiger partial charge in [0.05, 0.1) is 0 Å². The molecule has 0 aromatic carbocycles. The molecule has 0 fully saturated rings. The van der Waals surface area contributed by atoms with Gasteiger partial charge >= 0.3 is 0 Å². The summed E-state index contributed by atoms with van der Waals surface area (Å²) in [6.07, 6.45) is 9.97. The van der Waals surface area contributed by atoms with Crippen molar-refractivity contribution in [2.45, 2.75) is 52.6 Å². The number of hydrogen-bond acceptors (Lipinski definition) is 2. The van der Waals surface area contributed by atoms with E-state index in [0.29, 0.717) is 13.0 Å². The molecule has 1 aromatic heterocycles. The molecule has 1 rings (SSSR count). The van der Waals surface area contributed by atoms with Crippen LogP contribution in [0.3, 0.4) is 0 Å². The first-order valence-electron chi connectivity index (χ1n) is 7.02. The van der Waals surface area contributed by atoms with E-state index in [1.165, 1.54) is 0 Å². The molecule has 0 saturated heterocycles. The van der Waals surface area contributed by atoms with Crippen molar-refractivity contribution in [2.24, 2.45) is 0 Å². The Bertz CT molecular complexity index is 400. The number of rotatable bonds is 7. The largest absolute Gasteiger partial charge is 0.335 e. The van der Waals surface area contributed by atoms with Crippen LogP contribution in [0.5, 0.6) is 0 Å². The lowest BCUT2D eigenvalue weighted by atomic mass is 10.1. The van der Waals surface area contributed by atoms with Crippen LogP contribution in [0.4, 0.5) is 0 Å². The predicted molar refractivity (Wildman–Crippen MR) is 78.6 cm³/mol. The van der Waals surface area contributed by atoms with Crippen molar-refractivity contribution >= 4 is 5.91 Å². The van der Waals surface area contributed by atoms with Gasteiger partial charge in [-0.2, -0.15) is 0 Å². The minimum Gasteiger partial charge on any atom is -0.335 e. The second kappa shape index (κ2) is 8.46. The molecular weight excluding hydrogens is 236 g/mol. The van der Waals surface area contributed by atoms with Crippen LogP contribution in [-0.4, -0.2) is 21.8 Å².